The molecule has 0 atom stereocenters. The highest BCUT2D eigenvalue weighted by molar-refractivity contribution is 14.1. The largest absolute Gasteiger partial charge is 0.489 e. The fourth-order valence-electron chi connectivity index (χ4n) is 1.45. The Morgan fingerprint density at radius 3 is 2.71 bits per heavy atom. The van der Waals surface area contributed by atoms with E-state index in [1.54, 1.807) is 11.3 Å². The SMILES string of the molecule is Cc1ccc(I)c2c(B(O)O)csc12. The Morgan fingerprint density at radius 2 is 2.07 bits per heavy atom. The number of benzene rings is 1. The third-order valence-corrected chi connectivity index (χ3v) is 4.21. The summed E-state index contributed by atoms with van der Waals surface area (Å²) in [4.78, 5) is 0. The maximum atomic E-state index is 9.18. The lowest BCUT2D eigenvalue weighted by Gasteiger charge is -2.01. The van der Waals surface area contributed by atoms with Crippen LogP contribution in [0.2, 0.25) is 0 Å². The minimum atomic E-state index is -1.38. The number of fused-ring (bicyclic) bond motifs is 1. The van der Waals surface area contributed by atoms with Crippen LogP contribution in [0.3, 0.4) is 0 Å². The first-order chi connectivity index (χ1) is 6.61. The molecule has 2 N–H and O–H groups in total. The zero-order chi connectivity index (χ0) is 10.3. The number of thiophene rings is 1. The highest BCUT2D eigenvalue weighted by atomic mass is 127. The van der Waals surface area contributed by atoms with Crippen LogP contribution >= 0.6 is 33.9 Å². The Kier molecular flexibility index (Phi) is 2.83. The summed E-state index contributed by atoms with van der Waals surface area (Å²) in [5.74, 6) is 0. The van der Waals surface area contributed by atoms with Gasteiger partial charge in [0.25, 0.3) is 0 Å². The molecule has 2 rings (SSSR count). The van der Waals surface area contributed by atoms with Crippen molar-refractivity contribution >= 4 is 56.6 Å². The predicted molar refractivity (Wildman–Crippen MR) is 69.1 cm³/mol. The molecule has 1 aromatic carbocycles. The van der Waals surface area contributed by atoms with Crippen LogP contribution in [0, 0.1) is 10.5 Å². The number of hydrogen-bond donors (Lipinski definition) is 2. The Bertz CT molecular complexity index is 481. The molecule has 0 spiro atoms. The first kappa shape index (κ1) is 10.4. The van der Waals surface area contributed by atoms with Crippen molar-refractivity contribution in [1.29, 1.82) is 0 Å². The maximum Gasteiger partial charge on any atom is 0.489 e. The molecule has 1 heterocycles. The Labute approximate surface area is 99.9 Å². The summed E-state index contributed by atoms with van der Waals surface area (Å²) in [5, 5.41) is 21.2. The lowest BCUT2D eigenvalue weighted by atomic mass is 9.80. The molecule has 5 heteroatoms. The normalized spacial score (nSPS) is 10.9. The molecule has 14 heavy (non-hydrogen) atoms. The molecule has 0 bridgehead atoms. The Morgan fingerprint density at radius 1 is 1.36 bits per heavy atom. The first-order valence-corrected chi connectivity index (χ1v) is 6.09. The predicted octanol–water partition coefficient (Wildman–Crippen LogP) is 1.49. The summed E-state index contributed by atoms with van der Waals surface area (Å²) < 4.78 is 2.20. The van der Waals surface area contributed by atoms with Crippen LogP contribution in [0.25, 0.3) is 10.1 Å². The minimum Gasteiger partial charge on any atom is -0.423 e. The van der Waals surface area contributed by atoms with Crippen LogP contribution in [-0.4, -0.2) is 17.2 Å². The van der Waals surface area contributed by atoms with Gasteiger partial charge in [-0.15, -0.1) is 11.3 Å². The molecule has 0 amide bonds. The van der Waals surface area contributed by atoms with Gasteiger partial charge in [0.2, 0.25) is 0 Å². The Hall–Kier alpha value is -0.105. The van der Waals surface area contributed by atoms with Gasteiger partial charge in [-0.3, -0.25) is 0 Å². The van der Waals surface area contributed by atoms with Crippen molar-refractivity contribution in [2.75, 3.05) is 0 Å². The molecular weight excluding hydrogens is 310 g/mol. The second kappa shape index (κ2) is 3.81. The van der Waals surface area contributed by atoms with Crippen LogP contribution in [0.5, 0.6) is 0 Å². The molecule has 0 saturated heterocycles. The van der Waals surface area contributed by atoms with Crippen LogP contribution in [0.15, 0.2) is 17.5 Å². The summed E-state index contributed by atoms with van der Waals surface area (Å²) in [6.45, 7) is 2.03. The van der Waals surface area contributed by atoms with E-state index in [0.717, 1.165) is 13.7 Å². The fraction of sp³-hybridized carbons (Fsp3) is 0.111. The number of aryl methyl sites for hydroxylation is 1. The van der Waals surface area contributed by atoms with Gasteiger partial charge in [-0.05, 0) is 46.5 Å². The van der Waals surface area contributed by atoms with Gasteiger partial charge in [-0.25, -0.2) is 0 Å². The molecule has 0 aliphatic carbocycles. The van der Waals surface area contributed by atoms with Gasteiger partial charge >= 0.3 is 7.12 Å². The molecule has 0 aliphatic rings. The van der Waals surface area contributed by atoms with Crippen molar-refractivity contribution in [2.24, 2.45) is 0 Å². The van der Waals surface area contributed by atoms with E-state index in [9.17, 15) is 10.0 Å². The molecular formula is C9H8BIO2S. The van der Waals surface area contributed by atoms with E-state index in [-0.39, 0.29) is 0 Å². The number of halogens is 1. The van der Waals surface area contributed by atoms with E-state index in [4.69, 9.17) is 0 Å². The van der Waals surface area contributed by atoms with Gasteiger partial charge in [-0.1, -0.05) is 6.07 Å². The van der Waals surface area contributed by atoms with Crippen LogP contribution in [0.1, 0.15) is 5.56 Å². The summed E-state index contributed by atoms with van der Waals surface area (Å²) in [6, 6.07) is 4.05. The van der Waals surface area contributed by atoms with Crippen molar-refractivity contribution in [3.63, 3.8) is 0 Å². The average Bonchev–Trinajstić information content (AvgIpc) is 2.56. The smallest absolute Gasteiger partial charge is 0.423 e. The highest BCUT2D eigenvalue weighted by Crippen LogP contribution is 2.27. The third kappa shape index (κ3) is 1.58. The third-order valence-electron chi connectivity index (χ3n) is 2.17. The fourth-order valence-corrected chi connectivity index (χ4v) is 3.48. The van der Waals surface area contributed by atoms with Gasteiger partial charge in [0, 0.05) is 19.1 Å². The van der Waals surface area contributed by atoms with E-state index in [1.807, 2.05) is 24.4 Å². The molecule has 2 nitrogen and oxygen atoms in total. The molecule has 72 valence electrons. The maximum absolute atomic E-state index is 9.18. The summed E-state index contributed by atoms with van der Waals surface area (Å²) in [7, 11) is -1.38. The minimum absolute atomic E-state index is 0.609. The van der Waals surface area contributed by atoms with Crippen molar-refractivity contribution in [1.82, 2.24) is 0 Å². The van der Waals surface area contributed by atoms with Crippen LogP contribution < -0.4 is 5.46 Å². The van der Waals surface area contributed by atoms with Gasteiger partial charge in [0.15, 0.2) is 0 Å². The quantitative estimate of drug-likeness (QED) is 0.618. The van der Waals surface area contributed by atoms with Crippen molar-refractivity contribution in [2.45, 2.75) is 6.92 Å². The molecule has 0 saturated carbocycles. The van der Waals surface area contributed by atoms with Crippen molar-refractivity contribution in [3.8, 4) is 0 Å². The number of hydrogen-bond acceptors (Lipinski definition) is 3. The van der Waals surface area contributed by atoms with Crippen molar-refractivity contribution in [3.05, 3.63) is 26.6 Å². The lowest BCUT2D eigenvalue weighted by molar-refractivity contribution is 0.426. The molecule has 0 fully saturated rings. The average molecular weight is 318 g/mol. The van der Waals surface area contributed by atoms with Gasteiger partial charge in [-0.2, -0.15) is 0 Å². The first-order valence-electron chi connectivity index (χ1n) is 4.13. The summed E-state index contributed by atoms with van der Waals surface area (Å²) in [5.41, 5.74) is 1.79. The standard InChI is InChI=1S/C9H8BIO2S/c1-5-2-3-7(11)8-6(10(12)13)4-14-9(5)8/h2-4,12-13H,1H3. The van der Waals surface area contributed by atoms with Crippen LogP contribution in [0.4, 0.5) is 0 Å². The van der Waals surface area contributed by atoms with Crippen LogP contribution in [-0.2, 0) is 0 Å². The lowest BCUT2D eigenvalue weighted by Crippen LogP contribution is -2.29. The molecule has 0 unspecified atom stereocenters. The van der Waals surface area contributed by atoms with Crippen molar-refractivity contribution < 1.29 is 10.0 Å². The van der Waals surface area contributed by atoms with E-state index >= 15 is 0 Å². The monoisotopic (exact) mass is 318 g/mol. The van der Waals surface area contributed by atoms with E-state index in [2.05, 4.69) is 22.6 Å². The van der Waals surface area contributed by atoms with Gasteiger partial charge in [0.05, 0.1) is 0 Å². The number of rotatable bonds is 1. The summed E-state index contributed by atoms with van der Waals surface area (Å²) >= 11 is 3.77. The molecule has 2 aromatic rings. The molecule has 0 aliphatic heterocycles. The highest BCUT2D eigenvalue weighted by Gasteiger charge is 2.18. The topological polar surface area (TPSA) is 40.5 Å². The molecule has 1 aromatic heterocycles. The van der Waals surface area contributed by atoms with Gasteiger partial charge < -0.3 is 10.0 Å². The zero-order valence-corrected chi connectivity index (χ0v) is 10.5. The second-order valence-electron chi connectivity index (χ2n) is 3.13. The van der Waals surface area contributed by atoms with Gasteiger partial charge in [0.1, 0.15) is 0 Å². The zero-order valence-electron chi connectivity index (χ0n) is 7.49. The second-order valence-corrected chi connectivity index (χ2v) is 5.17. The van der Waals surface area contributed by atoms with E-state index < -0.39 is 7.12 Å². The van der Waals surface area contributed by atoms with E-state index in [1.165, 1.54) is 5.56 Å². The van der Waals surface area contributed by atoms with E-state index in [0.29, 0.717) is 5.46 Å². The Balaban J connectivity index is 2.84. The molecule has 0 radical (unpaired) electrons. The summed E-state index contributed by atoms with van der Waals surface area (Å²) in [6.07, 6.45) is 0.